The van der Waals surface area contributed by atoms with Gasteiger partial charge in [0.05, 0.1) is 27.5 Å². The number of rotatable bonds is 14. The molecular weight excluding hydrogens is 1220 g/mol. The predicted octanol–water partition coefficient (Wildman–Crippen LogP) is 25.9. The van der Waals surface area contributed by atoms with Gasteiger partial charge in [-0.05, 0) is 211 Å². The number of fused-ring (bicyclic) bond motifs is 9. The number of aromatic nitrogens is 2. The summed E-state index contributed by atoms with van der Waals surface area (Å²) in [5.41, 5.74) is 29.3. The van der Waals surface area contributed by atoms with Gasteiger partial charge < -0.3 is 18.9 Å². The lowest BCUT2D eigenvalue weighted by Gasteiger charge is -2.35. The van der Waals surface area contributed by atoms with Gasteiger partial charge in [-0.15, -0.1) is 0 Å². The van der Waals surface area contributed by atoms with Gasteiger partial charge in [-0.3, -0.25) is 0 Å². The Balaban J connectivity index is 0.804. The van der Waals surface area contributed by atoms with Crippen LogP contribution in [0.4, 0.5) is 34.1 Å². The van der Waals surface area contributed by atoms with E-state index in [9.17, 15) is 0 Å². The zero-order chi connectivity index (χ0) is 66.8. The van der Waals surface area contributed by atoms with Crippen molar-refractivity contribution in [3.63, 3.8) is 0 Å². The zero-order valence-electron chi connectivity index (χ0n) is 55.4. The molecule has 0 atom stereocenters. The standard InChI is InChI=1S/C97H66N4/c1-7-23-67(24-8-1)69-39-43-71(44-40-69)73-47-59-91-87(63-73)88-64-74(72-45-41-70(42-46-72)68-25-9-2-10-26-68)48-60-92(88)97(91,75-49-53-81(54-50-75)98(77-27-11-3-12-28-77)83-57-61-95-89(65-83)85-35-19-21-37-93(85)100(95)79-31-15-5-16-32-79)76-51-55-82(56-52-76)99(78-29-13-4-14-30-78)84-58-62-96-90(66-84)86-36-20-22-38-94(86)101(96)80-33-17-6-18-34-80/h1-66H. The normalized spacial score (nSPS) is 12.2. The first-order valence-electron chi connectivity index (χ1n) is 34.8. The Hall–Kier alpha value is -13.3. The smallest absolute Gasteiger partial charge is 0.0713 e. The Labute approximate surface area is 588 Å². The summed E-state index contributed by atoms with van der Waals surface area (Å²) in [4.78, 5) is 4.82. The molecule has 1 aliphatic carbocycles. The SMILES string of the molecule is c1ccc(-c2ccc(-c3ccc4c(c3)-c3cc(-c5ccc(-c6ccccc6)cc5)ccc3C4(c3ccc(N(c4ccccc4)c4ccc5c(c4)c4ccccc4n5-c4ccccc4)cc3)c3ccc(N(c4ccccc4)c4ccc5c(c4)c4ccccc4n5-c4ccccc4)cc3)cc2)cc1. The molecule has 0 saturated heterocycles. The van der Waals surface area contributed by atoms with E-state index in [4.69, 9.17) is 0 Å². The Bertz CT molecular complexity index is 5690. The van der Waals surface area contributed by atoms with Crippen molar-refractivity contribution in [1.82, 2.24) is 9.13 Å². The third-order valence-corrected chi connectivity index (χ3v) is 20.8. The molecule has 0 aliphatic heterocycles. The second kappa shape index (κ2) is 24.7. The van der Waals surface area contributed by atoms with E-state index in [-0.39, 0.29) is 0 Å². The number of hydrogen-bond acceptors (Lipinski definition) is 2. The quantitative estimate of drug-likeness (QED) is 0.108. The Morgan fingerprint density at radius 3 is 0.842 bits per heavy atom. The number of hydrogen-bond donors (Lipinski definition) is 0. The van der Waals surface area contributed by atoms with Crippen molar-refractivity contribution in [2.75, 3.05) is 9.80 Å². The summed E-state index contributed by atoms with van der Waals surface area (Å²) in [6.45, 7) is 0. The summed E-state index contributed by atoms with van der Waals surface area (Å²) in [6.07, 6.45) is 0. The maximum atomic E-state index is 2.46. The predicted molar refractivity (Wildman–Crippen MR) is 424 cm³/mol. The highest BCUT2D eigenvalue weighted by Gasteiger charge is 2.47. The van der Waals surface area contributed by atoms with Gasteiger partial charge in [-0.2, -0.15) is 0 Å². The van der Waals surface area contributed by atoms with Gasteiger partial charge >= 0.3 is 0 Å². The highest BCUT2D eigenvalue weighted by molar-refractivity contribution is 6.12. The van der Waals surface area contributed by atoms with Crippen LogP contribution in [0.15, 0.2) is 400 Å². The average molecular weight is 1290 g/mol. The molecule has 0 N–H and O–H groups in total. The van der Waals surface area contributed by atoms with Crippen LogP contribution in [0.2, 0.25) is 0 Å². The fraction of sp³-hybridized carbons (Fsp3) is 0.0103. The minimum atomic E-state index is -0.779. The van der Waals surface area contributed by atoms with E-state index in [1.165, 1.54) is 99.3 Å². The Kier molecular flexibility index (Phi) is 14.4. The summed E-state index contributed by atoms with van der Waals surface area (Å²) < 4.78 is 4.78. The van der Waals surface area contributed by atoms with E-state index < -0.39 is 5.41 Å². The minimum Gasteiger partial charge on any atom is -0.310 e. The van der Waals surface area contributed by atoms with Crippen LogP contribution < -0.4 is 9.80 Å². The molecule has 474 valence electrons. The molecule has 0 unspecified atom stereocenters. The molecule has 4 nitrogen and oxygen atoms in total. The first-order valence-corrected chi connectivity index (χ1v) is 34.8. The van der Waals surface area contributed by atoms with Crippen LogP contribution in [0, 0.1) is 0 Å². The van der Waals surface area contributed by atoms with Crippen LogP contribution in [-0.2, 0) is 5.41 Å². The Morgan fingerprint density at radius 1 is 0.188 bits per heavy atom. The van der Waals surface area contributed by atoms with E-state index in [1.807, 2.05) is 0 Å². The van der Waals surface area contributed by atoms with Crippen molar-refractivity contribution in [2.24, 2.45) is 0 Å². The van der Waals surface area contributed by atoms with Crippen molar-refractivity contribution in [3.05, 3.63) is 423 Å². The van der Waals surface area contributed by atoms with Crippen LogP contribution >= 0.6 is 0 Å². The highest BCUT2D eigenvalue weighted by Crippen LogP contribution is 2.58. The largest absolute Gasteiger partial charge is 0.310 e. The average Bonchev–Trinajstić information content (AvgIpc) is 1.55. The molecule has 18 aromatic rings. The van der Waals surface area contributed by atoms with Crippen molar-refractivity contribution < 1.29 is 0 Å². The summed E-state index contributed by atoms with van der Waals surface area (Å²) in [7, 11) is 0. The maximum absolute atomic E-state index is 2.46. The molecule has 4 heteroatoms. The second-order valence-corrected chi connectivity index (χ2v) is 26.4. The molecule has 101 heavy (non-hydrogen) atoms. The molecule has 19 rings (SSSR count). The van der Waals surface area contributed by atoms with Gasteiger partial charge in [0.1, 0.15) is 0 Å². The molecule has 0 amide bonds. The van der Waals surface area contributed by atoms with E-state index in [0.29, 0.717) is 0 Å². The Morgan fingerprint density at radius 2 is 0.465 bits per heavy atom. The minimum absolute atomic E-state index is 0.779. The lowest BCUT2D eigenvalue weighted by atomic mass is 9.67. The van der Waals surface area contributed by atoms with Crippen LogP contribution in [0.3, 0.4) is 0 Å². The number of anilines is 6. The fourth-order valence-electron chi connectivity index (χ4n) is 16.1. The van der Waals surface area contributed by atoms with Crippen LogP contribution in [0.5, 0.6) is 0 Å². The highest BCUT2D eigenvalue weighted by atomic mass is 15.1. The summed E-state index contributed by atoms with van der Waals surface area (Å²) in [6, 6.07) is 148. The molecule has 2 heterocycles. The molecule has 0 saturated carbocycles. The van der Waals surface area contributed by atoms with E-state index in [1.54, 1.807) is 0 Å². The lowest BCUT2D eigenvalue weighted by molar-refractivity contribution is 0.768. The van der Waals surface area contributed by atoms with E-state index >= 15 is 0 Å². The van der Waals surface area contributed by atoms with E-state index in [2.05, 4.69) is 419 Å². The summed E-state index contributed by atoms with van der Waals surface area (Å²) in [5.74, 6) is 0. The summed E-state index contributed by atoms with van der Waals surface area (Å²) in [5, 5.41) is 4.81. The molecule has 1 aliphatic rings. The number of nitrogens with zero attached hydrogens (tertiary/aromatic N) is 4. The first kappa shape index (κ1) is 59.0. The molecule has 0 spiro atoms. The van der Waals surface area contributed by atoms with Gasteiger partial charge in [0.25, 0.3) is 0 Å². The van der Waals surface area contributed by atoms with Crippen molar-refractivity contribution >= 4 is 77.7 Å². The molecule has 16 aromatic carbocycles. The van der Waals surface area contributed by atoms with Gasteiger partial charge in [-0.1, -0.05) is 267 Å². The number of para-hydroxylation sites is 6. The monoisotopic (exact) mass is 1290 g/mol. The van der Waals surface area contributed by atoms with Gasteiger partial charge in [0, 0.05) is 67.0 Å². The molecule has 0 bridgehead atoms. The topological polar surface area (TPSA) is 16.3 Å². The van der Waals surface area contributed by atoms with E-state index in [0.717, 1.165) is 67.7 Å². The van der Waals surface area contributed by atoms with Crippen molar-refractivity contribution in [3.8, 4) is 67.0 Å². The summed E-state index contributed by atoms with van der Waals surface area (Å²) >= 11 is 0. The van der Waals surface area contributed by atoms with Gasteiger partial charge in [0.15, 0.2) is 0 Å². The first-order chi connectivity index (χ1) is 50.1. The maximum Gasteiger partial charge on any atom is 0.0713 e. The fourth-order valence-corrected chi connectivity index (χ4v) is 16.1. The lowest BCUT2D eigenvalue weighted by Crippen LogP contribution is -2.28. The van der Waals surface area contributed by atoms with Crippen molar-refractivity contribution in [2.45, 2.75) is 5.41 Å². The third-order valence-electron chi connectivity index (χ3n) is 20.8. The third kappa shape index (κ3) is 10.1. The van der Waals surface area contributed by atoms with Crippen LogP contribution in [0.1, 0.15) is 22.3 Å². The molecule has 0 radical (unpaired) electrons. The molecular formula is C97H66N4. The van der Waals surface area contributed by atoms with Crippen LogP contribution in [0.25, 0.3) is 111 Å². The van der Waals surface area contributed by atoms with Crippen molar-refractivity contribution in [1.29, 1.82) is 0 Å². The molecule has 2 aromatic heterocycles. The second-order valence-electron chi connectivity index (χ2n) is 26.4. The van der Waals surface area contributed by atoms with Gasteiger partial charge in [0.2, 0.25) is 0 Å². The van der Waals surface area contributed by atoms with Gasteiger partial charge in [-0.25, -0.2) is 0 Å². The number of benzene rings is 16. The van der Waals surface area contributed by atoms with Crippen LogP contribution in [-0.4, -0.2) is 9.13 Å². The zero-order valence-corrected chi connectivity index (χ0v) is 55.4. The molecule has 0 fully saturated rings.